The van der Waals surface area contributed by atoms with E-state index < -0.39 is 22.0 Å². The lowest BCUT2D eigenvalue weighted by Crippen LogP contribution is -2.41. The summed E-state index contributed by atoms with van der Waals surface area (Å²) in [5, 5.41) is 9.04. The Morgan fingerprint density at radius 3 is 2.70 bits per heavy atom. The molecule has 0 radical (unpaired) electrons. The van der Waals surface area contributed by atoms with Crippen LogP contribution in [-0.2, 0) is 14.8 Å². The fraction of sp³-hybridized carbons (Fsp3) is 0.462. The summed E-state index contributed by atoms with van der Waals surface area (Å²) in [6.45, 7) is 1.31. The van der Waals surface area contributed by atoms with Gasteiger partial charge in [0, 0.05) is 13.1 Å². The second kappa shape index (κ2) is 6.34. The minimum absolute atomic E-state index is 0.209. The third kappa shape index (κ3) is 3.56. The van der Waals surface area contributed by atoms with Crippen LogP contribution >= 0.6 is 0 Å². The van der Waals surface area contributed by atoms with Crippen LogP contribution in [0.4, 0.5) is 0 Å². The van der Waals surface area contributed by atoms with E-state index in [9.17, 15) is 13.2 Å². The van der Waals surface area contributed by atoms with E-state index in [4.69, 9.17) is 5.11 Å². The van der Waals surface area contributed by atoms with Crippen molar-refractivity contribution in [2.75, 3.05) is 19.6 Å². The van der Waals surface area contributed by atoms with Crippen molar-refractivity contribution in [2.45, 2.75) is 23.8 Å². The van der Waals surface area contributed by atoms with E-state index in [1.54, 1.807) is 23.1 Å². The highest BCUT2D eigenvalue weighted by Crippen LogP contribution is 2.16. The first-order valence-electron chi connectivity index (χ1n) is 6.52. The first-order chi connectivity index (χ1) is 9.50. The Morgan fingerprint density at radius 2 is 2.05 bits per heavy atom. The minimum atomic E-state index is -3.51. The van der Waals surface area contributed by atoms with Gasteiger partial charge in [0.1, 0.15) is 6.04 Å². The molecule has 110 valence electrons. The van der Waals surface area contributed by atoms with Crippen LogP contribution < -0.4 is 4.72 Å². The van der Waals surface area contributed by atoms with Gasteiger partial charge in [-0.2, -0.15) is 0 Å². The molecule has 1 heterocycles. The molecule has 2 N–H and O–H groups in total. The Balaban J connectivity index is 1.88. The van der Waals surface area contributed by atoms with Crippen LogP contribution in [0.25, 0.3) is 0 Å². The van der Waals surface area contributed by atoms with E-state index >= 15 is 0 Å². The predicted molar refractivity (Wildman–Crippen MR) is 73.9 cm³/mol. The normalized spacial score (nSPS) is 20.1. The molecule has 2 rings (SSSR count). The summed E-state index contributed by atoms with van der Waals surface area (Å²) < 4.78 is 26.5. The van der Waals surface area contributed by atoms with Crippen molar-refractivity contribution >= 4 is 16.0 Å². The molecular weight excluding hydrogens is 280 g/mol. The second-order valence-electron chi connectivity index (χ2n) is 4.74. The minimum Gasteiger partial charge on any atom is -0.480 e. The summed E-state index contributed by atoms with van der Waals surface area (Å²) in [5.74, 6) is -0.839. The average Bonchev–Trinajstić information content (AvgIpc) is 2.88. The summed E-state index contributed by atoms with van der Waals surface area (Å²) in [6.07, 6.45) is 1.46. The van der Waals surface area contributed by atoms with Crippen molar-refractivity contribution in [2.24, 2.45) is 0 Å². The van der Waals surface area contributed by atoms with Gasteiger partial charge in [-0.25, -0.2) is 13.1 Å². The number of carboxylic acid groups (broad SMARTS) is 1. The van der Waals surface area contributed by atoms with Crippen molar-refractivity contribution in [3.8, 4) is 0 Å². The molecular formula is C13H18N2O4S. The zero-order chi connectivity index (χ0) is 14.6. The molecule has 0 unspecified atom stereocenters. The molecule has 1 saturated heterocycles. The van der Waals surface area contributed by atoms with E-state index in [0.717, 1.165) is 6.42 Å². The maximum absolute atomic E-state index is 12.0. The van der Waals surface area contributed by atoms with Crippen LogP contribution in [0.1, 0.15) is 12.8 Å². The highest BCUT2D eigenvalue weighted by atomic mass is 32.2. The fourth-order valence-corrected chi connectivity index (χ4v) is 3.42. The molecule has 6 nitrogen and oxygen atoms in total. The molecule has 7 heteroatoms. The largest absolute Gasteiger partial charge is 0.480 e. The number of nitrogens with zero attached hydrogens (tertiary/aromatic N) is 1. The topological polar surface area (TPSA) is 86.7 Å². The van der Waals surface area contributed by atoms with Crippen LogP contribution in [0.3, 0.4) is 0 Å². The fourth-order valence-electron chi connectivity index (χ4n) is 2.38. The number of nitrogens with one attached hydrogen (secondary N) is 1. The van der Waals surface area contributed by atoms with Gasteiger partial charge in [-0.3, -0.25) is 9.69 Å². The zero-order valence-corrected chi connectivity index (χ0v) is 11.8. The highest BCUT2D eigenvalue weighted by molar-refractivity contribution is 7.89. The zero-order valence-electron chi connectivity index (χ0n) is 11.0. The molecule has 1 fully saturated rings. The number of hydrogen-bond acceptors (Lipinski definition) is 4. The summed E-state index contributed by atoms with van der Waals surface area (Å²) >= 11 is 0. The molecule has 1 aliphatic heterocycles. The average molecular weight is 298 g/mol. The van der Waals surface area contributed by atoms with Crippen molar-refractivity contribution in [3.05, 3.63) is 30.3 Å². The van der Waals surface area contributed by atoms with E-state index in [-0.39, 0.29) is 11.4 Å². The number of sulfonamides is 1. The van der Waals surface area contributed by atoms with Gasteiger partial charge in [-0.15, -0.1) is 0 Å². The Bertz CT molecular complexity index is 559. The maximum atomic E-state index is 12.0. The van der Waals surface area contributed by atoms with Crippen molar-refractivity contribution < 1.29 is 18.3 Å². The Morgan fingerprint density at radius 1 is 1.35 bits per heavy atom. The molecule has 0 spiro atoms. The lowest BCUT2D eigenvalue weighted by Gasteiger charge is -2.20. The number of benzene rings is 1. The number of rotatable bonds is 6. The standard InChI is InChI=1S/C13H18N2O4S/c16-13(17)12-7-4-9-15(12)10-8-14-20(18,19)11-5-2-1-3-6-11/h1-3,5-6,12,14H,4,7-10H2,(H,16,17)/t12-/m0/s1. The molecule has 1 aliphatic rings. The molecule has 1 aromatic carbocycles. The summed E-state index contributed by atoms with van der Waals surface area (Å²) in [6, 6.07) is 7.64. The molecule has 20 heavy (non-hydrogen) atoms. The quantitative estimate of drug-likeness (QED) is 0.799. The van der Waals surface area contributed by atoms with E-state index in [1.807, 2.05) is 0 Å². The van der Waals surface area contributed by atoms with Gasteiger partial charge >= 0.3 is 5.97 Å². The lowest BCUT2D eigenvalue weighted by atomic mass is 10.2. The predicted octanol–water partition coefficient (Wildman–Crippen LogP) is 0.514. The third-order valence-corrected chi connectivity index (χ3v) is 4.87. The summed E-state index contributed by atoms with van der Waals surface area (Å²) in [4.78, 5) is 13.0. The number of likely N-dealkylation sites (tertiary alicyclic amines) is 1. The van der Waals surface area contributed by atoms with Crippen LogP contribution in [0.2, 0.25) is 0 Å². The number of hydrogen-bond donors (Lipinski definition) is 2. The summed E-state index contributed by atoms with van der Waals surface area (Å²) in [7, 11) is -3.51. The van der Waals surface area contributed by atoms with E-state index in [0.29, 0.717) is 19.5 Å². The first-order valence-corrected chi connectivity index (χ1v) is 8.00. The lowest BCUT2D eigenvalue weighted by molar-refractivity contribution is -0.142. The number of aliphatic carboxylic acids is 1. The van der Waals surface area contributed by atoms with Crippen molar-refractivity contribution in [1.82, 2.24) is 9.62 Å². The van der Waals surface area contributed by atoms with Crippen LogP contribution in [-0.4, -0.2) is 50.1 Å². The Hall–Kier alpha value is -1.44. The van der Waals surface area contributed by atoms with Crippen LogP contribution in [0, 0.1) is 0 Å². The molecule has 0 aliphatic carbocycles. The van der Waals surface area contributed by atoms with Gasteiger partial charge in [-0.05, 0) is 31.5 Å². The molecule has 1 atom stereocenters. The van der Waals surface area contributed by atoms with Gasteiger partial charge in [0.15, 0.2) is 0 Å². The number of carbonyl (C=O) groups is 1. The van der Waals surface area contributed by atoms with Crippen LogP contribution in [0.15, 0.2) is 35.2 Å². The van der Waals surface area contributed by atoms with Crippen molar-refractivity contribution in [3.63, 3.8) is 0 Å². The number of carboxylic acids is 1. The second-order valence-corrected chi connectivity index (χ2v) is 6.51. The third-order valence-electron chi connectivity index (χ3n) is 3.39. The highest BCUT2D eigenvalue weighted by Gasteiger charge is 2.30. The van der Waals surface area contributed by atoms with Gasteiger partial charge in [-0.1, -0.05) is 18.2 Å². The summed E-state index contributed by atoms with van der Waals surface area (Å²) in [5.41, 5.74) is 0. The molecule has 0 aromatic heterocycles. The Labute approximate surface area is 118 Å². The molecule has 0 bridgehead atoms. The van der Waals surface area contributed by atoms with Gasteiger partial charge in [0.2, 0.25) is 10.0 Å². The van der Waals surface area contributed by atoms with Gasteiger partial charge in [0.05, 0.1) is 4.90 Å². The SMILES string of the molecule is O=C(O)[C@@H]1CCCN1CCNS(=O)(=O)c1ccccc1. The van der Waals surface area contributed by atoms with Gasteiger partial charge in [0.25, 0.3) is 0 Å². The van der Waals surface area contributed by atoms with Crippen molar-refractivity contribution in [1.29, 1.82) is 0 Å². The Kier molecular flexibility index (Phi) is 4.74. The smallest absolute Gasteiger partial charge is 0.320 e. The van der Waals surface area contributed by atoms with Gasteiger partial charge < -0.3 is 5.11 Å². The van der Waals surface area contributed by atoms with Crippen LogP contribution in [0.5, 0.6) is 0 Å². The molecule has 0 saturated carbocycles. The first kappa shape index (κ1) is 15.0. The molecule has 0 amide bonds. The van der Waals surface area contributed by atoms with E-state index in [1.165, 1.54) is 12.1 Å². The van der Waals surface area contributed by atoms with E-state index in [2.05, 4.69) is 4.72 Å². The molecule has 1 aromatic rings. The monoisotopic (exact) mass is 298 g/mol. The maximum Gasteiger partial charge on any atom is 0.320 e.